The van der Waals surface area contributed by atoms with Crippen LogP contribution in [-0.4, -0.2) is 260 Å². The van der Waals surface area contributed by atoms with E-state index in [0.717, 1.165) is 89.1 Å². The number of carbonyl (C=O) groups is 3. The monoisotopic (exact) mass is 930 g/mol. The van der Waals surface area contributed by atoms with Crippen LogP contribution >= 0.6 is 0 Å². The molecule has 0 saturated carbocycles. The lowest BCUT2D eigenvalue weighted by molar-refractivity contribution is -0.894. The molecule has 0 bridgehead atoms. The number of methoxy groups -OCH3 is 1. The summed E-state index contributed by atoms with van der Waals surface area (Å²) in [6.45, 7) is 27.5. The summed E-state index contributed by atoms with van der Waals surface area (Å²) in [5, 5.41) is 11.8. The van der Waals surface area contributed by atoms with Gasteiger partial charge in [0, 0.05) is 105 Å². The number of nitrogens with one attached hydrogen (secondary N) is 1. The molecule has 1 atom stereocenters. The lowest BCUT2D eigenvalue weighted by atomic mass is 10.0. The number of piperazine rings is 4. The van der Waals surface area contributed by atoms with Crippen LogP contribution in [-0.2, 0) is 9.47 Å². The van der Waals surface area contributed by atoms with Crippen molar-refractivity contribution in [3.63, 3.8) is 0 Å². The SMILES string of the molecule is CCCCCCCCCCC(C)[N+](C)(C)C.CN1CCCCC1.CN1CCN(C(=O)O)CC1.CN1CCN(C(=O)OC(C)(C)C)CC1.CN1CCNCC1.COC(=O)N1CCN(C)CC1. The molecule has 386 valence electrons. The standard InChI is InChI=1S/C15H34N.C10H20N2O2.C7H14N2O2.C6H12N2O2.C6H13N.C5H12N2/c1-6-7-8-9-10-11-12-13-14-15(2)16(3,4)5;1-10(2,3)14-9(13)12-7-5-11(4)6-8-12;1-8-3-5-9(6-4-8)7(10)11-2;1-7-2-4-8(5-3-7)6(9)10;1-7-5-3-2-4-6-7;1-7-4-2-6-3-5-7/h15H,6-14H2,1-5H3;5-8H2,1-4H3;3-6H2,1-2H3;2-5H2,1H3,(H,9,10);2-6H2,1H3;6H,2-5H2,1H3/q+1;;;;;. The smallest absolute Gasteiger partial charge is 0.410 e. The highest BCUT2D eigenvalue weighted by atomic mass is 16.6. The van der Waals surface area contributed by atoms with Crippen LogP contribution in [0.3, 0.4) is 0 Å². The quantitative estimate of drug-likeness (QED) is 0.188. The van der Waals surface area contributed by atoms with Crippen LogP contribution in [0.1, 0.15) is 112 Å². The molecule has 65 heavy (non-hydrogen) atoms. The van der Waals surface area contributed by atoms with Gasteiger partial charge in [0.15, 0.2) is 0 Å². The molecule has 16 nitrogen and oxygen atoms in total. The molecule has 5 rings (SSSR count). The minimum absolute atomic E-state index is 0.189. The number of nitrogens with zero attached hydrogens (tertiary/aromatic N) is 9. The lowest BCUT2D eigenvalue weighted by Gasteiger charge is -2.33. The molecular formula is C49H105N10O6+. The van der Waals surface area contributed by atoms with Crippen LogP contribution < -0.4 is 5.32 Å². The van der Waals surface area contributed by atoms with Crippen LogP contribution in [0.5, 0.6) is 0 Å². The van der Waals surface area contributed by atoms with Crippen molar-refractivity contribution in [2.45, 2.75) is 123 Å². The highest BCUT2D eigenvalue weighted by Gasteiger charge is 2.25. The van der Waals surface area contributed by atoms with Gasteiger partial charge < -0.3 is 63.6 Å². The zero-order valence-electron chi connectivity index (χ0n) is 44.8. The average Bonchev–Trinajstić information content (AvgIpc) is 3.25. The fourth-order valence-corrected chi connectivity index (χ4v) is 7.22. The second kappa shape index (κ2) is 36.6. The number of piperidine rings is 1. The molecule has 0 aromatic heterocycles. The van der Waals surface area contributed by atoms with Crippen LogP contribution in [0.2, 0.25) is 0 Å². The Labute approximate surface area is 399 Å². The molecule has 0 radical (unpaired) electrons. The van der Waals surface area contributed by atoms with E-state index >= 15 is 0 Å². The van der Waals surface area contributed by atoms with E-state index in [1.54, 1.807) is 9.80 Å². The van der Waals surface area contributed by atoms with E-state index in [1.165, 1.54) is 115 Å². The Balaban J connectivity index is 0.000000773. The Morgan fingerprint density at radius 3 is 1.25 bits per heavy atom. The van der Waals surface area contributed by atoms with Gasteiger partial charge >= 0.3 is 18.3 Å². The number of likely N-dealkylation sites (N-methyl/N-ethyl adjacent to an activating group) is 4. The number of quaternary nitrogens is 1. The van der Waals surface area contributed by atoms with Crippen LogP contribution in [0, 0.1) is 0 Å². The third-order valence-corrected chi connectivity index (χ3v) is 12.6. The van der Waals surface area contributed by atoms with Gasteiger partial charge in [0.1, 0.15) is 5.60 Å². The highest BCUT2D eigenvalue weighted by molar-refractivity contribution is 5.68. The van der Waals surface area contributed by atoms with Gasteiger partial charge in [-0.2, -0.15) is 0 Å². The first kappa shape index (κ1) is 62.5. The molecule has 0 aliphatic carbocycles. The molecule has 0 spiro atoms. The van der Waals surface area contributed by atoms with Gasteiger partial charge in [0.25, 0.3) is 0 Å². The molecule has 1 unspecified atom stereocenters. The minimum atomic E-state index is -0.798. The van der Waals surface area contributed by atoms with Crippen molar-refractivity contribution < 1.29 is 33.4 Å². The van der Waals surface area contributed by atoms with Crippen molar-refractivity contribution in [2.75, 3.05) is 181 Å². The number of rotatable bonds is 10. The minimum Gasteiger partial charge on any atom is -0.465 e. The second-order valence-electron chi connectivity index (χ2n) is 20.7. The number of hydrogen-bond donors (Lipinski definition) is 2. The van der Waals surface area contributed by atoms with Crippen molar-refractivity contribution in [1.29, 1.82) is 0 Å². The van der Waals surface area contributed by atoms with Crippen molar-refractivity contribution in [2.24, 2.45) is 0 Å². The Hall–Kier alpha value is -2.47. The Kier molecular flexibility index (Phi) is 35.2. The lowest BCUT2D eigenvalue weighted by Crippen LogP contribution is -2.48. The average molecular weight is 930 g/mol. The van der Waals surface area contributed by atoms with Crippen LogP contribution in [0.25, 0.3) is 0 Å². The van der Waals surface area contributed by atoms with E-state index < -0.39 is 6.09 Å². The van der Waals surface area contributed by atoms with E-state index in [9.17, 15) is 14.4 Å². The fourth-order valence-electron chi connectivity index (χ4n) is 7.22. The van der Waals surface area contributed by atoms with E-state index in [4.69, 9.17) is 9.84 Å². The van der Waals surface area contributed by atoms with Crippen LogP contribution in [0.4, 0.5) is 14.4 Å². The van der Waals surface area contributed by atoms with Gasteiger partial charge in [0.2, 0.25) is 0 Å². The summed E-state index contributed by atoms with van der Waals surface area (Å²) in [6, 6.07) is 0.806. The van der Waals surface area contributed by atoms with Gasteiger partial charge in [-0.05, 0) is 102 Å². The topological polar surface area (TPSA) is 128 Å². The predicted molar refractivity (Wildman–Crippen MR) is 270 cm³/mol. The summed E-state index contributed by atoms with van der Waals surface area (Å²) < 4.78 is 11.0. The number of amides is 3. The van der Waals surface area contributed by atoms with E-state index in [0.29, 0.717) is 13.1 Å². The molecule has 5 heterocycles. The number of carboxylic acid groups (broad SMARTS) is 1. The van der Waals surface area contributed by atoms with Gasteiger partial charge in [-0.3, -0.25) is 0 Å². The first-order valence-corrected chi connectivity index (χ1v) is 25.3. The van der Waals surface area contributed by atoms with Gasteiger partial charge in [-0.25, -0.2) is 14.4 Å². The van der Waals surface area contributed by atoms with Gasteiger partial charge in [-0.15, -0.1) is 0 Å². The molecule has 0 aromatic rings. The number of likely N-dealkylation sites (tertiary alicyclic amines) is 1. The first-order chi connectivity index (χ1) is 30.6. The van der Waals surface area contributed by atoms with E-state index in [1.807, 2.05) is 27.8 Å². The van der Waals surface area contributed by atoms with Gasteiger partial charge in [0.05, 0.1) is 34.3 Å². The number of hydrogen-bond acceptors (Lipinski definition) is 11. The molecule has 5 fully saturated rings. The molecule has 3 amide bonds. The third-order valence-electron chi connectivity index (χ3n) is 12.6. The molecule has 5 saturated heterocycles. The molecule has 5 aliphatic heterocycles. The summed E-state index contributed by atoms with van der Waals surface area (Å²) in [5.41, 5.74) is -0.388. The van der Waals surface area contributed by atoms with Crippen molar-refractivity contribution >= 4 is 18.3 Å². The Morgan fingerprint density at radius 1 is 0.554 bits per heavy atom. The third kappa shape index (κ3) is 35.4. The van der Waals surface area contributed by atoms with E-state index in [-0.39, 0.29) is 17.8 Å². The fraction of sp³-hybridized carbons (Fsp3) is 0.939. The summed E-state index contributed by atoms with van der Waals surface area (Å²) in [7, 11) is 18.8. The summed E-state index contributed by atoms with van der Waals surface area (Å²) >= 11 is 0. The Morgan fingerprint density at radius 2 is 0.923 bits per heavy atom. The van der Waals surface area contributed by atoms with Crippen molar-refractivity contribution in [1.82, 2.24) is 44.5 Å². The summed E-state index contributed by atoms with van der Waals surface area (Å²) in [6.07, 6.45) is 15.9. The van der Waals surface area contributed by atoms with E-state index in [2.05, 4.69) is 97.7 Å². The largest absolute Gasteiger partial charge is 0.465 e. The molecule has 16 heteroatoms. The van der Waals surface area contributed by atoms with Crippen LogP contribution in [0.15, 0.2) is 0 Å². The Bertz CT molecular complexity index is 1150. The molecule has 5 aliphatic rings. The maximum absolute atomic E-state index is 11.6. The van der Waals surface area contributed by atoms with Crippen molar-refractivity contribution in [3.8, 4) is 0 Å². The molecule has 0 aromatic carbocycles. The molecule has 2 N–H and O–H groups in total. The summed E-state index contributed by atoms with van der Waals surface area (Å²) in [5.74, 6) is 0. The first-order valence-electron chi connectivity index (χ1n) is 25.3. The zero-order chi connectivity index (χ0) is 49.3. The maximum Gasteiger partial charge on any atom is 0.410 e. The van der Waals surface area contributed by atoms with Gasteiger partial charge in [-0.1, -0.05) is 58.3 Å². The maximum atomic E-state index is 11.6. The highest BCUT2D eigenvalue weighted by Crippen LogP contribution is 2.15. The van der Waals surface area contributed by atoms with Crippen molar-refractivity contribution in [3.05, 3.63) is 0 Å². The number of carbonyl (C=O) groups excluding carboxylic acids is 2. The normalized spacial score (nSPS) is 19.8. The number of unbranched alkanes of at least 4 members (excludes halogenated alkanes) is 7. The summed E-state index contributed by atoms with van der Waals surface area (Å²) in [4.78, 5) is 49.1. The second-order valence-corrected chi connectivity index (χ2v) is 20.7. The zero-order valence-corrected chi connectivity index (χ0v) is 44.8. The molecular weight excluding hydrogens is 825 g/mol. The number of ether oxygens (including phenoxy) is 2. The predicted octanol–water partition coefficient (Wildman–Crippen LogP) is 6.32.